The lowest BCUT2D eigenvalue weighted by Gasteiger charge is -2.13. The molecule has 0 saturated heterocycles. The molecule has 6 nitrogen and oxygen atoms in total. The average molecular weight is 503 g/mol. The summed E-state index contributed by atoms with van der Waals surface area (Å²) in [6.07, 6.45) is 22.7. The highest BCUT2D eigenvalue weighted by atomic mass is 16.6. The number of aliphatic hydroxyl groups is 2. The monoisotopic (exact) mass is 502 g/mol. The van der Waals surface area contributed by atoms with Gasteiger partial charge in [-0.15, -0.1) is 0 Å². The van der Waals surface area contributed by atoms with Crippen LogP contribution in [0.2, 0.25) is 0 Å². The summed E-state index contributed by atoms with van der Waals surface area (Å²) in [5, 5.41) is 15.2. The molecule has 0 saturated carbocycles. The first-order valence-corrected chi connectivity index (χ1v) is 14.6. The van der Waals surface area contributed by atoms with E-state index in [0.29, 0.717) is 12.8 Å². The van der Waals surface area contributed by atoms with Crippen molar-refractivity contribution in [3.05, 3.63) is 0 Å². The Hall–Kier alpha value is -1.14. The summed E-state index contributed by atoms with van der Waals surface area (Å²) in [6.45, 7) is 6.19. The van der Waals surface area contributed by atoms with Gasteiger partial charge < -0.3 is 19.7 Å². The van der Waals surface area contributed by atoms with E-state index in [0.717, 1.165) is 25.7 Å². The molecule has 0 aromatic carbocycles. The first kappa shape index (κ1) is 36.0. The second kappa shape index (κ2) is 30.9. The van der Waals surface area contributed by atoms with Gasteiger partial charge in [0.05, 0.1) is 13.2 Å². The molecule has 0 bridgehead atoms. The highest BCUT2D eigenvalue weighted by Gasteiger charge is 2.12. The fourth-order valence-corrected chi connectivity index (χ4v) is 3.76. The lowest BCUT2D eigenvalue weighted by Crippen LogP contribution is -2.22. The van der Waals surface area contributed by atoms with E-state index in [1.165, 1.54) is 89.9 Å². The standard InChI is InChI=1S/C27H52O4.C2H6O2/c1-4-6-8-10-12-14-16-18-20-22-26(28)30-24-25(3)31-27(29)23-21-19-17-15-13-11-9-7-5-2;3-1-2-4/h25H,4-24H2,1-3H3;3-4H,1-2H2. The molecule has 0 aliphatic heterocycles. The third-order valence-electron chi connectivity index (χ3n) is 5.88. The number of hydrogen-bond donors (Lipinski definition) is 2. The molecule has 2 N–H and O–H groups in total. The second-order valence-electron chi connectivity index (χ2n) is 9.59. The lowest BCUT2D eigenvalue weighted by molar-refractivity contribution is -0.158. The number of carbonyl (C=O) groups excluding carboxylic acids is 2. The molecule has 6 heteroatoms. The van der Waals surface area contributed by atoms with Gasteiger partial charge >= 0.3 is 11.9 Å². The highest BCUT2D eigenvalue weighted by Crippen LogP contribution is 2.12. The van der Waals surface area contributed by atoms with Gasteiger partial charge in [-0.25, -0.2) is 0 Å². The summed E-state index contributed by atoms with van der Waals surface area (Å²) < 4.78 is 10.6. The van der Waals surface area contributed by atoms with Gasteiger partial charge in [-0.2, -0.15) is 0 Å². The molecule has 0 amide bonds. The fourth-order valence-electron chi connectivity index (χ4n) is 3.76. The molecule has 35 heavy (non-hydrogen) atoms. The maximum absolute atomic E-state index is 11.9. The minimum atomic E-state index is -0.363. The van der Waals surface area contributed by atoms with Crippen molar-refractivity contribution in [2.24, 2.45) is 0 Å². The minimum absolute atomic E-state index is 0.125. The summed E-state index contributed by atoms with van der Waals surface area (Å²) in [6, 6.07) is 0. The molecule has 1 atom stereocenters. The molecule has 210 valence electrons. The zero-order valence-electron chi connectivity index (χ0n) is 23.4. The zero-order chi connectivity index (χ0) is 26.4. The van der Waals surface area contributed by atoms with Crippen LogP contribution in [0.5, 0.6) is 0 Å². The maximum Gasteiger partial charge on any atom is 0.306 e. The Balaban J connectivity index is 0. The van der Waals surface area contributed by atoms with Crippen molar-refractivity contribution in [2.75, 3.05) is 19.8 Å². The Labute approximate surface area is 216 Å². The number of hydrogen-bond acceptors (Lipinski definition) is 6. The summed E-state index contributed by atoms with van der Waals surface area (Å²) >= 11 is 0. The summed E-state index contributed by atoms with van der Waals surface area (Å²) in [7, 11) is 0. The van der Waals surface area contributed by atoms with Gasteiger partial charge in [-0.1, -0.05) is 117 Å². The number of ether oxygens (including phenoxy) is 2. The van der Waals surface area contributed by atoms with Gasteiger partial charge in [0.25, 0.3) is 0 Å². The fraction of sp³-hybridized carbons (Fsp3) is 0.931. The van der Waals surface area contributed by atoms with Gasteiger partial charge in [-0.3, -0.25) is 9.59 Å². The van der Waals surface area contributed by atoms with E-state index in [-0.39, 0.29) is 37.9 Å². The van der Waals surface area contributed by atoms with E-state index < -0.39 is 0 Å². The topological polar surface area (TPSA) is 93.1 Å². The highest BCUT2D eigenvalue weighted by molar-refractivity contribution is 5.70. The maximum atomic E-state index is 11.9. The van der Waals surface area contributed by atoms with E-state index in [9.17, 15) is 9.59 Å². The lowest BCUT2D eigenvalue weighted by atomic mass is 10.1. The first-order valence-electron chi connectivity index (χ1n) is 14.6. The van der Waals surface area contributed by atoms with Crippen LogP contribution in [-0.4, -0.2) is 48.1 Å². The third-order valence-corrected chi connectivity index (χ3v) is 5.88. The number of unbranched alkanes of at least 4 members (excludes halogenated alkanes) is 16. The number of aliphatic hydroxyl groups excluding tert-OH is 2. The molecule has 1 unspecified atom stereocenters. The van der Waals surface area contributed by atoms with Gasteiger partial charge in [0.1, 0.15) is 12.7 Å². The molecule has 0 radical (unpaired) electrons. The van der Waals surface area contributed by atoms with Crippen LogP contribution in [-0.2, 0) is 19.1 Å². The average Bonchev–Trinajstić information content (AvgIpc) is 2.85. The van der Waals surface area contributed by atoms with Crippen LogP contribution in [0.4, 0.5) is 0 Å². The van der Waals surface area contributed by atoms with Crippen LogP contribution in [0.25, 0.3) is 0 Å². The third kappa shape index (κ3) is 32.9. The SMILES string of the molecule is CCCCCCCCCCCC(=O)OCC(C)OC(=O)CCCCCCCCCCC.OCCO. The van der Waals surface area contributed by atoms with E-state index in [1.54, 1.807) is 6.92 Å². The quantitative estimate of drug-likeness (QED) is 0.106. The van der Waals surface area contributed by atoms with Crippen LogP contribution in [0.1, 0.15) is 149 Å². The predicted molar refractivity (Wildman–Crippen MR) is 144 cm³/mol. The van der Waals surface area contributed by atoms with Crippen LogP contribution < -0.4 is 0 Å². The predicted octanol–water partition coefficient (Wildman–Crippen LogP) is 7.27. The van der Waals surface area contributed by atoms with Crippen LogP contribution in [0.15, 0.2) is 0 Å². The van der Waals surface area contributed by atoms with Gasteiger partial charge in [0, 0.05) is 12.8 Å². The summed E-state index contributed by atoms with van der Waals surface area (Å²) in [5.41, 5.74) is 0. The zero-order valence-corrected chi connectivity index (χ0v) is 23.4. The molecule has 0 fully saturated rings. The molecular formula is C29H58O6. The molecule has 0 aromatic rings. The molecule has 0 aliphatic rings. The number of carbonyl (C=O) groups is 2. The smallest absolute Gasteiger partial charge is 0.306 e. The molecule has 0 aromatic heterocycles. The van der Waals surface area contributed by atoms with E-state index in [4.69, 9.17) is 19.7 Å². The molecule has 0 heterocycles. The number of esters is 2. The van der Waals surface area contributed by atoms with E-state index in [1.807, 2.05) is 0 Å². The van der Waals surface area contributed by atoms with Gasteiger partial charge in [0.2, 0.25) is 0 Å². The van der Waals surface area contributed by atoms with Crippen LogP contribution >= 0.6 is 0 Å². The van der Waals surface area contributed by atoms with Crippen LogP contribution in [0, 0.1) is 0 Å². The van der Waals surface area contributed by atoms with Crippen molar-refractivity contribution >= 4 is 11.9 Å². The largest absolute Gasteiger partial charge is 0.462 e. The summed E-state index contributed by atoms with van der Waals surface area (Å²) in [4.78, 5) is 23.7. The molecular weight excluding hydrogens is 444 g/mol. The Morgan fingerprint density at radius 2 is 0.914 bits per heavy atom. The Kier molecular flexibility index (Phi) is 31.8. The minimum Gasteiger partial charge on any atom is -0.462 e. The molecule has 0 spiro atoms. The van der Waals surface area contributed by atoms with Crippen molar-refractivity contribution in [3.8, 4) is 0 Å². The van der Waals surface area contributed by atoms with Crippen molar-refractivity contribution in [3.63, 3.8) is 0 Å². The summed E-state index contributed by atoms with van der Waals surface area (Å²) in [5.74, 6) is -0.352. The molecule has 0 rings (SSSR count). The van der Waals surface area contributed by atoms with Gasteiger partial charge in [-0.05, 0) is 19.8 Å². The van der Waals surface area contributed by atoms with Crippen molar-refractivity contribution in [1.29, 1.82) is 0 Å². The first-order chi connectivity index (χ1) is 17.0. The van der Waals surface area contributed by atoms with E-state index >= 15 is 0 Å². The molecule has 0 aliphatic carbocycles. The normalized spacial score (nSPS) is 11.5. The van der Waals surface area contributed by atoms with Gasteiger partial charge in [0.15, 0.2) is 0 Å². The van der Waals surface area contributed by atoms with Crippen molar-refractivity contribution in [1.82, 2.24) is 0 Å². The number of rotatable bonds is 24. The Bertz CT molecular complexity index is 439. The Morgan fingerprint density at radius 1 is 0.571 bits per heavy atom. The van der Waals surface area contributed by atoms with Crippen LogP contribution in [0.3, 0.4) is 0 Å². The van der Waals surface area contributed by atoms with Crippen molar-refractivity contribution < 1.29 is 29.3 Å². The Morgan fingerprint density at radius 3 is 1.29 bits per heavy atom. The van der Waals surface area contributed by atoms with E-state index in [2.05, 4.69) is 13.8 Å². The second-order valence-corrected chi connectivity index (χ2v) is 9.59. The van der Waals surface area contributed by atoms with Crippen molar-refractivity contribution in [2.45, 2.75) is 155 Å².